The van der Waals surface area contributed by atoms with Crippen molar-refractivity contribution in [3.63, 3.8) is 0 Å². The van der Waals surface area contributed by atoms with E-state index >= 15 is 0 Å². The third-order valence-corrected chi connectivity index (χ3v) is 3.66. The first kappa shape index (κ1) is 15.0. The van der Waals surface area contributed by atoms with E-state index in [1.807, 2.05) is 37.3 Å². The second kappa shape index (κ2) is 6.44. The van der Waals surface area contributed by atoms with Crippen LogP contribution in [0.25, 0.3) is 10.9 Å². The van der Waals surface area contributed by atoms with Crippen LogP contribution in [0.3, 0.4) is 0 Å². The van der Waals surface area contributed by atoms with Gasteiger partial charge in [0.25, 0.3) is 5.56 Å². The van der Waals surface area contributed by atoms with Gasteiger partial charge < -0.3 is 5.32 Å². The third-order valence-electron chi connectivity index (χ3n) is 3.66. The Hall–Kier alpha value is -2.95. The highest BCUT2D eigenvalue weighted by Crippen LogP contribution is 2.05. The number of aromatic nitrogens is 2. The maximum Gasteiger partial charge on any atom is 0.261 e. The lowest BCUT2D eigenvalue weighted by Crippen LogP contribution is -2.32. The molecule has 5 nitrogen and oxygen atoms in total. The summed E-state index contributed by atoms with van der Waals surface area (Å²) < 4.78 is 1.33. The van der Waals surface area contributed by atoms with Gasteiger partial charge in [-0.15, -0.1) is 0 Å². The molecule has 1 heterocycles. The van der Waals surface area contributed by atoms with Gasteiger partial charge in [0.15, 0.2) is 0 Å². The first-order valence-electron chi connectivity index (χ1n) is 7.40. The van der Waals surface area contributed by atoms with Crippen LogP contribution in [0.4, 0.5) is 0 Å². The molecule has 0 aliphatic carbocycles. The van der Waals surface area contributed by atoms with Crippen LogP contribution in [0.5, 0.6) is 0 Å². The number of benzene rings is 2. The van der Waals surface area contributed by atoms with Crippen LogP contribution in [0.2, 0.25) is 0 Å². The molecule has 0 bridgehead atoms. The van der Waals surface area contributed by atoms with E-state index in [2.05, 4.69) is 10.3 Å². The molecule has 23 heavy (non-hydrogen) atoms. The normalized spacial score (nSPS) is 10.7. The van der Waals surface area contributed by atoms with E-state index in [1.54, 1.807) is 18.2 Å². The van der Waals surface area contributed by atoms with Gasteiger partial charge >= 0.3 is 0 Å². The molecule has 0 fully saturated rings. The zero-order valence-corrected chi connectivity index (χ0v) is 12.8. The van der Waals surface area contributed by atoms with E-state index in [-0.39, 0.29) is 18.0 Å². The molecular weight excluding hydrogens is 290 g/mol. The van der Waals surface area contributed by atoms with Crippen molar-refractivity contribution in [2.24, 2.45) is 0 Å². The van der Waals surface area contributed by atoms with Crippen molar-refractivity contribution in [1.29, 1.82) is 0 Å². The summed E-state index contributed by atoms with van der Waals surface area (Å²) in [6.07, 6.45) is 1.41. The zero-order valence-electron chi connectivity index (χ0n) is 12.8. The molecule has 0 radical (unpaired) electrons. The van der Waals surface area contributed by atoms with Crippen LogP contribution in [-0.2, 0) is 17.9 Å². The number of fused-ring (bicyclic) bond motifs is 1. The Bertz CT molecular complexity index is 898. The Kier molecular flexibility index (Phi) is 4.19. The molecule has 1 N–H and O–H groups in total. The first-order chi connectivity index (χ1) is 11.1. The largest absolute Gasteiger partial charge is 0.350 e. The minimum atomic E-state index is -0.218. The summed E-state index contributed by atoms with van der Waals surface area (Å²) in [4.78, 5) is 28.6. The lowest BCUT2D eigenvalue weighted by atomic mass is 10.1. The van der Waals surface area contributed by atoms with Crippen molar-refractivity contribution in [2.45, 2.75) is 20.0 Å². The molecule has 116 valence electrons. The summed E-state index contributed by atoms with van der Waals surface area (Å²) in [6.45, 7) is 2.42. The SMILES string of the molecule is Cc1ccc(CNC(=O)Cn2cnc3ccccc3c2=O)cc1. The third kappa shape index (κ3) is 3.45. The molecule has 0 aliphatic heterocycles. The van der Waals surface area contributed by atoms with Gasteiger partial charge in [0.2, 0.25) is 5.91 Å². The van der Waals surface area contributed by atoms with E-state index in [0.29, 0.717) is 17.4 Å². The van der Waals surface area contributed by atoms with E-state index in [9.17, 15) is 9.59 Å². The van der Waals surface area contributed by atoms with Crippen LogP contribution in [0, 0.1) is 6.92 Å². The Balaban J connectivity index is 1.69. The fourth-order valence-electron chi connectivity index (χ4n) is 2.34. The summed E-state index contributed by atoms with van der Waals surface area (Å²) in [7, 11) is 0. The van der Waals surface area contributed by atoms with E-state index < -0.39 is 0 Å². The fourth-order valence-corrected chi connectivity index (χ4v) is 2.34. The summed E-state index contributed by atoms with van der Waals surface area (Å²) >= 11 is 0. The quantitative estimate of drug-likeness (QED) is 0.802. The number of nitrogens with one attached hydrogen (secondary N) is 1. The second-order valence-electron chi connectivity index (χ2n) is 5.46. The Morgan fingerprint density at radius 3 is 2.65 bits per heavy atom. The van der Waals surface area contributed by atoms with Gasteiger partial charge in [-0.05, 0) is 24.6 Å². The second-order valence-corrected chi connectivity index (χ2v) is 5.46. The fraction of sp³-hybridized carbons (Fsp3) is 0.167. The van der Waals surface area contributed by atoms with Crippen molar-refractivity contribution >= 4 is 16.8 Å². The van der Waals surface area contributed by atoms with E-state index in [1.165, 1.54) is 16.5 Å². The molecule has 2 aromatic carbocycles. The van der Waals surface area contributed by atoms with Crippen molar-refractivity contribution in [3.05, 3.63) is 76.3 Å². The van der Waals surface area contributed by atoms with Crippen molar-refractivity contribution < 1.29 is 4.79 Å². The molecule has 0 aliphatic rings. The minimum Gasteiger partial charge on any atom is -0.350 e. The number of hydrogen-bond donors (Lipinski definition) is 1. The Labute approximate surface area is 133 Å². The number of hydrogen-bond acceptors (Lipinski definition) is 3. The summed E-state index contributed by atoms with van der Waals surface area (Å²) in [5.74, 6) is -0.218. The maximum atomic E-state index is 12.3. The Morgan fingerprint density at radius 2 is 1.87 bits per heavy atom. The van der Waals surface area contributed by atoms with Gasteiger partial charge in [0.05, 0.1) is 17.2 Å². The molecule has 0 unspecified atom stereocenters. The molecule has 1 aromatic heterocycles. The summed E-state index contributed by atoms with van der Waals surface area (Å²) in [6, 6.07) is 15.0. The smallest absolute Gasteiger partial charge is 0.261 e. The Morgan fingerprint density at radius 1 is 1.13 bits per heavy atom. The maximum absolute atomic E-state index is 12.3. The topological polar surface area (TPSA) is 64.0 Å². The lowest BCUT2D eigenvalue weighted by Gasteiger charge is -2.08. The number of carbonyl (C=O) groups excluding carboxylic acids is 1. The average molecular weight is 307 g/mol. The van der Waals surface area contributed by atoms with Gasteiger partial charge in [-0.2, -0.15) is 0 Å². The number of aryl methyl sites for hydroxylation is 1. The highest BCUT2D eigenvalue weighted by atomic mass is 16.2. The number of amides is 1. The molecule has 0 saturated heterocycles. The van der Waals surface area contributed by atoms with Crippen LogP contribution < -0.4 is 10.9 Å². The van der Waals surface area contributed by atoms with Crippen molar-refractivity contribution in [1.82, 2.24) is 14.9 Å². The number of para-hydroxylation sites is 1. The first-order valence-corrected chi connectivity index (χ1v) is 7.40. The average Bonchev–Trinajstić information content (AvgIpc) is 2.57. The zero-order chi connectivity index (χ0) is 16.2. The van der Waals surface area contributed by atoms with Crippen molar-refractivity contribution in [2.75, 3.05) is 0 Å². The molecule has 3 rings (SSSR count). The number of nitrogens with zero attached hydrogens (tertiary/aromatic N) is 2. The standard InChI is InChI=1S/C18H17N3O2/c1-13-6-8-14(9-7-13)10-19-17(22)11-21-12-20-16-5-3-2-4-15(16)18(21)23/h2-9,12H,10-11H2,1H3,(H,19,22). The van der Waals surface area contributed by atoms with Crippen LogP contribution in [0.1, 0.15) is 11.1 Å². The van der Waals surface area contributed by atoms with Gasteiger partial charge in [-0.3, -0.25) is 14.2 Å². The molecule has 0 saturated carbocycles. The van der Waals surface area contributed by atoms with E-state index in [0.717, 1.165) is 5.56 Å². The molecule has 0 spiro atoms. The molecule has 0 atom stereocenters. The molecule has 3 aromatic rings. The van der Waals surface area contributed by atoms with Crippen LogP contribution >= 0.6 is 0 Å². The summed E-state index contributed by atoms with van der Waals surface area (Å²) in [5, 5.41) is 3.33. The van der Waals surface area contributed by atoms with Gasteiger partial charge in [-0.25, -0.2) is 4.98 Å². The monoisotopic (exact) mass is 307 g/mol. The van der Waals surface area contributed by atoms with Gasteiger partial charge in [-0.1, -0.05) is 42.0 Å². The van der Waals surface area contributed by atoms with Crippen LogP contribution in [-0.4, -0.2) is 15.5 Å². The van der Waals surface area contributed by atoms with Gasteiger partial charge in [0.1, 0.15) is 6.54 Å². The molecular formula is C18H17N3O2. The number of rotatable bonds is 4. The van der Waals surface area contributed by atoms with Gasteiger partial charge in [0, 0.05) is 6.54 Å². The highest BCUT2D eigenvalue weighted by Gasteiger charge is 2.07. The minimum absolute atomic E-state index is 0.0392. The predicted octanol–water partition coefficient (Wildman–Crippen LogP) is 2.02. The molecule has 5 heteroatoms. The molecule has 1 amide bonds. The van der Waals surface area contributed by atoms with Crippen molar-refractivity contribution in [3.8, 4) is 0 Å². The van der Waals surface area contributed by atoms with Crippen LogP contribution in [0.15, 0.2) is 59.7 Å². The predicted molar refractivity (Wildman–Crippen MR) is 89.0 cm³/mol. The highest BCUT2D eigenvalue weighted by molar-refractivity contribution is 5.78. The van der Waals surface area contributed by atoms with E-state index in [4.69, 9.17) is 0 Å². The lowest BCUT2D eigenvalue weighted by molar-refractivity contribution is -0.121. The number of carbonyl (C=O) groups is 1. The summed E-state index contributed by atoms with van der Waals surface area (Å²) in [5.41, 5.74) is 2.62.